The Morgan fingerprint density at radius 3 is 2.68 bits per heavy atom. The molecular weight excluding hydrogens is 264 g/mol. The molecule has 0 amide bonds. The van der Waals surface area contributed by atoms with Crippen LogP contribution in [0, 0.1) is 17.1 Å². The molecule has 0 spiro atoms. The zero-order valence-corrected chi connectivity index (χ0v) is 9.93. The predicted molar refractivity (Wildman–Crippen MR) is 59.7 cm³/mol. The normalized spacial score (nSPS) is 11.3. The average Bonchev–Trinajstić information content (AvgIpc) is 2.34. The second-order valence-electron chi connectivity index (χ2n) is 3.77. The molecule has 0 atom stereocenters. The summed E-state index contributed by atoms with van der Waals surface area (Å²) in [4.78, 5) is 0. The molecule has 1 rings (SSSR count). The number of alkyl halides is 3. The first-order chi connectivity index (χ1) is 8.92. The second kappa shape index (κ2) is 7.07. The highest BCUT2D eigenvalue weighted by Gasteiger charge is 2.27. The van der Waals surface area contributed by atoms with Gasteiger partial charge in [0.1, 0.15) is 18.5 Å². The lowest BCUT2D eigenvalue weighted by Crippen LogP contribution is -2.23. The van der Waals surface area contributed by atoms with E-state index >= 15 is 0 Å². The fraction of sp³-hybridized carbons (Fsp3) is 0.417. The SMILES string of the molecule is N#Cc1cc(CNCCOCC(F)(F)F)ccc1F. The Labute approximate surface area is 107 Å². The molecule has 0 unspecified atom stereocenters. The maximum Gasteiger partial charge on any atom is 0.411 e. The largest absolute Gasteiger partial charge is 0.411 e. The molecule has 0 heterocycles. The molecule has 0 saturated carbocycles. The van der Waals surface area contributed by atoms with Gasteiger partial charge in [0.25, 0.3) is 0 Å². The van der Waals surface area contributed by atoms with E-state index in [-0.39, 0.29) is 18.7 Å². The van der Waals surface area contributed by atoms with Gasteiger partial charge in [0, 0.05) is 13.1 Å². The van der Waals surface area contributed by atoms with Crippen LogP contribution in [0.4, 0.5) is 17.6 Å². The summed E-state index contributed by atoms with van der Waals surface area (Å²) in [5.74, 6) is -0.597. The van der Waals surface area contributed by atoms with E-state index in [2.05, 4.69) is 10.1 Å². The first-order valence-electron chi connectivity index (χ1n) is 5.46. The van der Waals surface area contributed by atoms with Crippen molar-refractivity contribution in [1.29, 1.82) is 5.26 Å². The highest BCUT2D eigenvalue weighted by atomic mass is 19.4. The zero-order chi connectivity index (χ0) is 14.3. The lowest BCUT2D eigenvalue weighted by Gasteiger charge is -2.08. The maximum absolute atomic E-state index is 13.0. The van der Waals surface area contributed by atoms with Crippen molar-refractivity contribution in [2.75, 3.05) is 19.8 Å². The summed E-state index contributed by atoms with van der Waals surface area (Å²) in [6.07, 6.45) is -4.32. The summed E-state index contributed by atoms with van der Waals surface area (Å²) in [7, 11) is 0. The standard InChI is InChI=1S/C12H12F4N2O/c13-11-2-1-9(5-10(11)6-17)7-18-3-4-19-8-12(14,15)16/h1-2,5,18H,3-4,7-8H2. The molecule has 0 fully saturated rings. The molecule has 0 bridgehead atoms. The van der Waals surface area contributed by atoms with Gasteiger partial charge in [-0.05, 0) is 17.7 Å². The summed E-state index contributed by atoms with van der Waals surface area (Å²) in [5.41, 5.74) is 0.612. The lowest BCUT2D eigenvalue weighted by atomic mass is 10.1. The molecule has 19 heavy (non-hydrogen) atoms. The van der Waals surface area contributed by atoms with E-state index in [0.29, 0.717) is 12.1 Å². The minimum Gasteiger partial charge on any atom is -0.371 e. The summed E-state index contributed by atoms with van der Waals surface area (Å²) < 4.78 is 52.6. The van der Waals surface area contributed by atoms with Gasteiger partial charge in [-0.3, -0.25) is 0 Å². The third-order valence-corrected chi connectivity index (χ3v) is 2.17. The molecule has 1 N–H and O–H groups in total. The van der Waals surface area contributed by atoms with Crippen LogP contribution in [-0.2, 0) is 11.3 Å². The van der Waals surface area contributed by atoms with Crippen LogP contribution in [0.5, 0.6) is 0 Å². The van der Waals surface area contributed by atoms with E-state index in [1.807, 2.05) is 0 Å². The fourth-order valence-corrected chi connectivity index (χ4v) is 1.33. The van der Waals surface area contributed by atoms with Crippen LogP contribution in [0.2, 0.25) is 0 Å². The van der Waals surface area contributed by atoms with Crippen molar-refractivity contribution in [1.82, 2.24) is 5.32 Å². The fourth-order valence-electron chi connectivity index (χ4n) is 1.33. The zero-order valence-electron chi connectivity index (χ0n) is 9.93. The van der Waals surface area contributed by atoms with Gasteiger partial charge in [0.15, 0.2) is 0 Å². The third kappa shape index (κ3) is 6.18. The molecule has 0 aromatic heterocycles. The second-order valence-corrected chi connectivity index (χ2v) is 3.77. The van der Waals surface area contributed by atoms with Gasteiger partial charge in [-0.2, -0.15) is 18.4 Å². The van der Waals surface area contributed by atoms with Gasteiger partial charge in [-0.25, -0.2) is 4.39 Å². The minimum atomic E-state index is -4.32. The Kier molecular flexibility index (Phi) is 5.73. The summed E-state index contributed by atoms with van der Waals surface area (Å²) >= 11 is 0. The topological polar surface area (TPSA) is 45.0 Å². The van der Waals surface area contributed by atoms with Crippen LogP contribution >= 0.6 is 0 Å². The van der Waals surface area contributed by atoms with Crippen molar-refractivity contribution in [3.63, 3.8) is 0 Å². The van der Waals surface area contributed by atoms with E-state index in [0.717, 1.165) is 0 Å². The van der Waals surface area contributed by atoms with Crippen LogP contribution < -0.4 is 5.32 Å². The monoisotopic (exact) mass is 276 g/mol. The highest BCUT2D eigenvalue weighted by Crippen LogP contribution is 2.14. The Hall–Kier alpha value is -1.65. The van der Waals surface area contributed by atoms with Crippen molar-refractivity contribution in [2.24, 2.45) is 0 Å². The molecule has 1 aromatic rings. The Balaban J connectivity index is 2.25. The van der Waals surface area contributed by atoms with Gasteiger partial charge in [-0.1, -0.05) is 6.07 Å². The Morgan fingerprint density at radius 2 is 2.05 bits per heavy atom. The average molecular weight is 276 g/mol. The number of rotatable bonds is 6. The van der Waals surface area contributed by atoms with Crippen molar-refractivity contribution in [3.8, 4) is 6.07 Å². The molecule has 104 valence electrons. The van der Waals surface area contributed by atoms with Crippen LogP contribution in [0.15, 0.2) is 18.2 Å². The lowest BCUT2D eigenvalue weighted by molar-refractivity contribution is -0.173. The van der Waals surface area contributed by atoms with Crippen LogP contribution in [0.1, 0.15) is 11.1 Å². The van der Waals surface area contributed by atoms with E-state index in [1.54, 1.807) is 6.07 Å². The van der Waals surface area contributed by atoms with Crippen molar-refractivity contribution in [3.05, 3.63) is 35.1 Å². The molecule has 0 radical (unpaired) electrons. The molecule has 0 aliphatic carbocycles. The molecule has 0 aliphatic rings. The van der Waals surface area contributed by atoms with E-state index in [1.165, 1.54) is 18.2 Å². The first-order valence-corrected chi connectivity index (χ1v) is 5.46. The van der Waals surface area contributed by atoms with E-state index < -0.39 is 18.6 Å². The predicted octanol–water partition coefficient (Wildman–Crippen LogP) is 2.37. The van der Waals surface area contributed by atoms with Crippen molar-refractivity contribution >= 4 is 0 Å². The molecule has 0 aliphatic heterocycles. The number of nitrogens with one attached hydrogen (secondary N) is 1. The summed E-state index contributed by atoms with van der Waals surface area (Å²) in [6, 6.07) is 5.77. The number of nitriles is 1. The van der Waals surface area contributed by atoms with E-state index in [9.17, 15) is 17.6 Å². The van der Waals surface area contributed by atoms with Gasteiger partial charge >= 0.3 is 6.18 Å². The molecule has 1 aromatic carbocycles. The van der Waals surface area contributed by atoms with Crippen molar-refractivity contribution < 1.29 is 22.3 Å². The summed E-state index contributed by atoms with van der Waals surface area (Å²) in [5, 5.41) is 11.5. The molecule has 0 saturated heterocycles. The third-order valence-electron chi connectivity index (χ3n) is 2.17. The highest BCUT2D eigenvalue weighted by molar-refractivity contribution is 5.34. The van der Waals surface area contributed by atoms with Gasteiger partial charge in [0.2, 0.25) is 0 Å². The number of benzene rings is 1. The van der Waals surface area contributed by atoms with Crippen LogP contribution in [-0.4, -0.2) is 25.9 Å². The van der Waals surface area contributed by atoms with Crippen LogP contribution in [0.3, 0.4) is 0 Å². The minimum absolute atomic E-state index is 0.0624. The Bertz CT molecular complexity index is 454. The van der Waals surface area contributed by atoms with Gasteiger partial charge < -0.3 is 10.1 Å². The van der Waals surface area contributed by atoms with Gasteiger partial charge in [0.05, 0.1) is 12.2 Å². The van der Waals surface area contributed by atoms with Gasteiger partial charge in [-0.15, -0.1) is 0 Å². The maximum atomic E-state index is 13.0. The number of hydrogen-bond acceptors (Lipinski definition) is 3. The number of nitrogens with zero attached hydrogens (tertiary/aromatic N) is 1. The molecule has 3 nitrogen and oxygen atoms in total. The number of halogens is 4. The number of ether oxygens (including phenoxy) is 1. The van der Waals surface area contributed by atoms with E-state index in [4.69, 9.17) is 5.26 Å². The molecule has 7 heteroatoms. The van der Waals surface area contributed by atoms with Crippen molar-refractivity contribution in [2.45, 2.75) is 12.7 Å². The quantitative estimate of drug-likeness (QED) is 0.641. The Morgan fingerprint density at radius 1 is 1.32 bits per heavy atom. The van der Waals surface area contributed by atoms with Crippen LogP contribution in [0.25, 0.3) is 0 Å². The summed E-state index contributed by atoms with van der Waals surface area (Å²) in [6.45, 7) is -0.796. The molecular formula is C12H12F4N2O. The smallest absolute Gasteiger partial charge is 0.371 e. The number of hydrogen-bond donors (Lipinski definition) is 1. The first kappa shape index (κ1) is 15.4.